The number of aromatic carboxylic acids is 1. The molecule has 0 aliphatic carbocycles. The maximum Gasteiger partial charge on any atom is 0.416 e. The van der Waals surface area contributed by atoms with E-state index in [9.17, 15) is 18.0 Å². The molecule has 2 nitrogen and oxygen atoms in total. The van der Waals surface area contributed by atoms with E-state index in [2.05, 4.69) is 0 Å². The molecule has 1 N–H and O–H groups in total. The molecule has 2 rings (SSSR count). The second-order valence-corrected chi connectivity index (χ2v) is 4.43. The minimum absolute atomic E-state index is 0.0623. The number of hydrogen-bond donors (Lipinski definition) is 1. The lowest BCUT2D eigenvalue weighted by Gasteiger charge is -2.12. The van der Waals surface area contributed by atoms with E-state index >= 15 is 0 Å². The molecule has 0 saturated carbocycles. The quantitative estimate of drug-likeness (QED) is 0.886. The Morgan fingerprint density at radius 1 is 1.05 bits per heavy atom. The zero-order valence-electron chi connectivity index (χ0n) is 10.5. The Labute approximate surface area is 113 Å². The van der Waals surface area contributed by atoms with E-state index in [1.54, 1.807) is 24.3 Å². The van der Waals surface area contributed by atoms with Crippen LogP contribution in [0.5, 0.6) is 0 Å². The second kappa shape index (κ2) is 5.00. The topological polar surface area (TPSA) is 37.3 Å². The third-order valence-electron chi connectivity index (χ3n) is 2.94. The average molecular weight is 280 g/mol. The largest absolute Gasteiger partial charge is 0.478 e. The Morgan fingerprint density at radius 2 is 1.65 bits per heavy atom. The number of rotatable bonds is 2. The average Bonchev–Trinajstić information content (AvgIpc) is 2.37. The summed E-state index contributed by atoms with van der Waals surface area (Å²) in [5.41, 5.74) is 0.434. The highest BCUT2D eigenvalue weighted by molar-refractivity contribution is 5.96. The number of carboxylic acid groups (broad SMARTS) is 1. The van der Waals surface area contributed by atoms with Gasteiger partial charge >= 0.3 is 12.1 Å². The number of benzene rings is 2. The fraction of sp³-hybridized carbons (Fsp3) is 0.133. The minimum Gasteiger partial charge on any atom is -0.478 e. The summed E-state index contributed by atoms with van der Waals surface area (Å²) in [5.74, 6) is -1.26. The molecule has 0 fully saturated rings. The molecule has 0 heterocycles. The Bertz CT molecular complexity index is 643. The summed E-state index contributed by atoms with van der Waals surface area (Å²) in [7, 11) is 0. The molecule has 0 unspecified atom stereocenters. The van der Waals surface area contributed by atoms with Crippen molar-refractivity contribution in [3.63, 3.8) is 0 Å². The first kappa shape index (κ1) is 14.1. The third-order valence-corrected chi connectivity index (χ3v) is 2.94. The Kier molecular flexibility index (Phi) is 3.53. The molecule has 0 saturated heterocycles. The van der Waals surface area contributed by atoms with E-state index in [1.165, 1.54) is 0 Å². The van der Waals surface area contributed by atoms with Crippen LogP contribution in [0.3, 0.4) is 0 Å². The van der Waals surface area contributed by atoms with Gasteiger partial charge in [-0.3, -0.25) is 0 Å². The molecule has 5 heteroatoms. The summed E-state index contributed by atoms with van der Waals surface area (Å²) in [5, 5.41) is 9.09. The zero-order chi connectivity index (χ0) is 14.9. The van der Waals surface area contributed by atoms with Crippen molar-refractivity contribution in [1.82, 2.24) is 0 Å². The highest BCUT2D eigenvalue weighted by atomic mass is 19.4. The molecule has 0 amide bonds. The summed E-state index contributed by atoms with van der Waals surface area (Å²) in [6, 6.07) is 9.30. The predicted octanol–water partition coefficient (Wildman–Crippen LogP) is 4.38. The van der Waals surface area contributed by atoms with Gasteiger partial charge in [0.25, 0.3) is 0 Å². The van der Waals surface area contributed by atoms with Gasteiger partial charge in [0.15, 0.2) is 0 Å². The van der Waals surface area contributed by atoms with Gasteiger partial charge < -0.3 is 5.11 Å². The smallest absolute Gasteiger partial charge is 0.416 e. The van der Waals surface area contributed by atoms with Gasteiger partial charge in [-0.1, -0.05) is 29.8 Å². The summed E-state index contributed by atoms with van der Waals surface area (Å²) in [4.78, 5) is 11.1. The van der Waals surface area contributed by atoms with E-state index in [0.717, 1.165) is 23.8 Å². The van der Waals surface area contributed by atoms with Crippen molar-refractivity contribution >= 4 is 5.97 Å². The van der Waals surface area contributed by atoms with Gasteiger partial charge in [0.2, 0.25) is 0 Å². The Balaban J connectivity index is 2.64. The molecule has 2 aromatic rings. The van der Waals surface area contributed by atoms with Crippen molar-refractivity contribution in [3.8, 4) is 11.1 Å². The molecule has 2 aromatic carbocycles. The summed E-state index contributed by atoms with van der Waals surface area (Å²) < 4.78 is 38.2. The molecular formula is C15H11F3O2. The van der Waals surface area contributed by atoms with Crippen LogP contribution in [0.2, 0.25) is 0 Å². The van der Waals surface area contributed by atoms with Crippen molar-refractivity contribution in [2.45, 2.75) is 13.1 Å². The first-order valence-electron chi connectivity index (χ1n) is 5.80. The molecule has 0 aromatic heterocycles. The lowest BCUT2D eigenvalue weighted by atomic mass is 9.96. The standard InChI is InChI=1S/C15H11F3O2/c1-9-2-4-10(5-3-9)13-8-11(15(16,17)18)6-7-12(13)14(19)20/h2-8H,1H3,(H,19,20). The predicted molar refractivity (Wildman–Crippen MR) is 68.6 cm³/mol. The first-order valence-corrected chi connectivity index (χ1v) is 5.80. The Morgan fingerprint density at radius 3 is 2.15 bits per heavy atom. The van der Waals surface area contributed by atoms with Crippen LogP contribution >= 0.6 is 0 Å². The lowest BCUT2D eigenvalue weighted by molar-refractivity contribution is -0.137. The number of alkyl halides is 3. The van der Waals surface area contributed by atoms with Crippen molar-refractivity contribution in [2.75, 3.05) is 0 Å². The lowest BCUT2D eigenvalue weighted by Crippen LogP contribution is -2.07. The molecule has 0 radical (unpaired) electrons. The van der Waals surface area contributed by atoms with Crippen molar-refractivity contribution < 1.29 is 23.1 Å². The van der Waals surface area contributed by atoms with E-state index in [1.807, 2.05) is 6.92 Å². The summed E-state index contributed by atoms with van der Waals surface area (Å²) in [6.07, 6.45) is -4.50. The first-order chi connectivity index (χ1) is 9.29. The van der Waals surface area contributed by atoms with Crippen molar-refractivity contribution in [1.29, 1.82) is 0 Å². The van der Waals surface area contributed by atoms with E-state index in [0.29, 0.717) is 5.56 Å². The van der Waals surface area contributed by atoms with Crippen LogP contribution in [0, 0.1) is 6.92 Å². The summed E-state index contributed by atoms with van der Waals surface area (Å²) >= 11 is 0. The van der Waals surface area contributed by atoms with Crippen molar-refractivity contribution in [3.05, 3.63) is 59.2 Å². The van der Waals surface area contributed by atoms with Crippen LogP contribution < -0.4 is 0 Å². The SMILES string of the molecule is Cc1ccc(-c2cc(C(F)(F)F)ccc2C(=O)O)cc1. The van der Waals surface area contributed by atoms with Crippen LogP contribution in [0.4, 0.5) is 13.2 Å². The number of carboxylic acids is 1. The van der Waals surface area contributed by atoms with Crippen molar-refractivity contribution in [2.24, 2.45) is 0 Å². The number of hydrogen-bond acceptors (Lipinski definition) is 1. The van der Waals surface area contributed by atoms with Gasteiger partial charge in [-0.25, -0.2) is 4.79 Å². The number of carbonyl (C=O) groups is 1. The number of halogens is 3. The van der Waals surface area contributed by atoms with Gasteiger partial charge in [-0.2, -0.15) is 13.2 Å². The molecule has 0 bridgehead atoms. The molecule has 0 atom stereocenters. The molecule has 20 heavy (non-hydrogen) atoms. The van der Waals surface area contributed by atoms with Crippen LogP contribution in [0.25, 0.3) is 11.1 Å². The van der Waals surface area contributed by atoms with Crippen LogP contribution in [-0.2, 0) is 6.18 Å². The third kappa shape index (κ3) is 2.82. The molecule has 0 aliphatic rings. The molecule has 0 aliphatic heterocycles. The normalized spacial score (nSPS) is 11.4. The van der Waals surface area contributed by atoms with E-state index in [4.69, 9.17) is 5.11 Å². The second-order valence-electron chi connectivity index (χ2n) is 4.43. The van der Waals surface area contributed by atoms with Gasteiger partial charge in [0.05, 0.1) is 11.1 Å². The molecule has 0 spiro atoms. The van der Waals surface area contributed by atoms with Gasteiger partial charge in [-0.15, -0.1) is 0 Å². The van der Waals surface area contributed by atoms with Gasteiger partial charge in [-0.05, 0) is 36.2 Å². The molecular weight excluding hydrogens is 269 g/mol. The van der Waals surface area contributed by atoms with Gasteiger partial charge in [0.1, 0.15) is 0 Å². The van der Waals surface area contributed by atoms with E-state index < -0.39 is 17.7 Å². The highest BCUT2D eigenvalue weighted by Gasteiger charge is 2.31. The van der Waals surface area contributed by atoms with Crippen LogP contribution in [0.15, 0.2) is 42.5 Å². The van der Waals surface area contributed by atoms with Gasteiger partial charge in [0, 0.05) is 0 Å². The monoisotopic (exact) mass is 280 g/mol. The maximum atomic E-state index is 12.7. The fourth-order valence-corrected chi connectivity index (χ4v) is 1.88. The maximum absolute atomic E-state index is 12.7. The highest BCUT2D eigenvalue weighted by Crippen LogP contribution is 2.34. The van der Waals surface area contributed by atoms with Crippen LogP contribution in [-0.4, -0.2) is 11.1 Å². The number of aryl methyl sites for hydroxylation is 1. The fourth-order valence-electron chi connectivity index (χ4n) is 1.88. The zero-order valence-corrected chi connectivity index (χ0v) is 10.5. The van der Waals surface area contributed by atoms with E-state index in [-0.39, 0.29) is 11.1 Å². The molecule has 104 valence electrons. The Hall–Kier alpha value is -2.30. The van der Waals surface area contributed by atoms with Crippen LogP contribution in [0.1, 0.15) is 21.5 Å². The summed E-state index contributed by atoms with van der Waals surface area (Å²) in [6.45, 7) is 1.84. The minimum atomic E-state index is -4.50.